The van der Waals surface area contributed by atoms with Gasteiger partial charge in [-0.25, -0.2) is 0 Å². The second kappa shape index (κ2) is 17.0. The summed E-state index contributed by atoms with van der Waals surface area (Å²) >= 11 is 0. The number of aldehydes is 1. The third-order valence-corrected chi connectivity index (χ3v) is 3.89. The first-order valence-electron chi connectivity index (χ1n) is 10.1. The molecule has 1 unspecified atom stereocenters. The largest absolute Gasteiger partial charge is 0.359 e. The molecule has 0 aromatic heterocycles. The molecular formula is C22H36N4O4. The molecule has 1 rings (SSSR count). The van der Waals surface area contributed by atoms with Crippen LogP contribution in [0.15, 0.2) is 18.2 Å². The van der Waals surface area contributed by atoms with E-state index < -0.39 is 0 Å². The van der Waals surface area contributed by atoms with Gasteiger partial charge in [0.2, 0.25) is 11.8 Å². The number of rotatable bonds is 9. The van der Waals surface area contributed by atoms with E-state index in [1.54, 1.807) is 39.1 Å². The number of ketones is 1. The Hall–Kier alpha value is -2.87. The Bertz CT molecular complexity index is 702. The SMILES string of the molecule is CC.CC(C)C(=O)c1c(C=N)cccc1NC(=O)CN.CNC(=O)C(C)CCC=O. The van der Waals surface area contributed by atoms with Crippen molar-refractivity contribution in [2.45, 2.75) is 47.5 Å². The summed E-state index contributed by atoms with van der Waals surface area (Å²) in [5.41, 5.74) is 6.50. The lowest BCUT2D eigenvalue weighted by atomic mass is 9.95. The normalized spacial score (nSPS) is 10.4. The lowest BCUT2D eigenvalue weighted by Crippen LogP contribution is -2.25. The van der Waals surface area contributed by atoms with Gasteiger partial charge in [-0.15, -0.1) is 0 Å². The molecule has 0 heterocycles. The molecule has 1 aromatic carbocycles. The highest BCUT2D eigenvalue weighted by atomic mass is 16.2. The van der Waals surface area contributed by atoms with Crippen molar-refractivity contribution in [2.75, 3.05) is 18.9 Å². The molecule has 0 spiro atoms. The number of carbonyl (C=O) groups excluding carboxylic acids is 4. The second-order valence-electron chi connectivity index (χ2n) is 6.44. The van der Waals surface area contributed by atoms with Crippen LogP contribution in [0, 0.1) is 17.2 Å². The number of benzene rings is 1. The summed E-state index contributed by atoms with van der Waals surface area (Å²) in [5.74, 6) is -0.729. The van der Waals surface area contributed by atoms with Gasteiger partial charge in [-0.2, -0.15) is 0 Å². The first-order valence-corrected chi connectivity index (χ1v) is 10.1. The molecule has 0 aliphatic heterocycles. The number of carbonyl (C=O) groups is 4. The molecule has 8 heteroatoms. The summed E-state index contributed by atoms with van der Waals surface area (Å²) in [6.07, 6.45) is 3.05. The molecule has 168 valence electrons. The Balaban J connectivity index is 0. The fourth-order valence-electron chi connectivity index (χ4n) is 2.26. The van der Waals surface area contributed by atoms with Crippen molar-refractivity contribution >= 4 is 35.8 Å². The van der Waals surface area contributed by atoms with Crippen LogP contribution in [0.3, 0.4) is 0 Å². The summed E-state index contributed by atoms with van der Waals surface area (Å²) in [7, 11) is 1.60. The predicted molar refractivity (Wildman–Crippen MR) is 121 cm³/mol. The van der Waals surface area contributed by atoms with Crippen molar-refractivity contribution in [3.05, 3.63) is 29.3 Å². The van der Waals surface area contributed by atoms with Gasteiger partial charge in [0.05, 0.1) is 17.8 Å². The molecule has 0 fully saturated rings. The molecule has 2 amide bonds. The smallest absolute Gasteiger partial charge is 0.238 e. The van der Waals surface area contributed by atoms with Crippen LogP contribution in [0.5, 0.6) is 0 Å². The van der Waals surface area contributed by atoms with Gasteiger partial charge in [-0.05, 0) is 12.5 Å². The Morgan fingerprint density at radius 1 is 1.17 bits per heavy atom. The number of amides is 2. The van der Waals surface area contributed by atoms with Crippen LogP contribution < -0.4 is 16.4 Å². The van der Waals surface area contributed by atoms with Gasteiger partial charge in [0, 0.05) is 37.1 Å². The standard InChI is InChI=1S/C13H17N3O2.C7H13NO2.C2H6/c1-8(2)13(18)12-9(6-14)4-3-5-10(12)16-11(17)7-15;1-6(4-3-5-9)7(10)8-2;1-2/h3-6,8,14H,7,15H2,1-2H3,(H,16,17);5-6H,3-4H2,1-2H3,(H,8,10);1-2H3. The van der Waals surface area contributed by atoms with Crippen LogP contribution in [0.1, 0.15) is 63.4 Å². The van der Waals surface area contributed by atoms with Crippen molar-refractivity contribution in [1.82, 2.24) is 5.32 Å². The van der Waals surface area contributed by atoms with E-state index in [2.05, 4.69) is 10.6 Å². The third-order valence-electron chi connectivity index (χ3n) is 3.89. The first-order chi connectivity index (χ1) is 14.2. The van der Waals surface area contributed by atoms with E-state index in [0.717, 1.165) is 12.5 Å². The molecule has 1 atom stereocenters. The van der Waals surface area contributed by atoms with E-state index in [-0.39, 0.29) is 36.0 Å². The van der Waals surface area contributed by atoms with Gasteiger partial charge < -0.3 is 26.6 Å². The highest BCUT2D eigenvalue weighted by Gasteiger charge is 2.19. The van der Waals surface area contributed by atoms with Crippen molar-refractivity contribution < 1.29 is 19.2 Å². The Morgan fingerprint density at radius 3 is 2.20 bits per heavy atom. The zero-order valence-electron chi connectivity index (χ0n) is 18.9. The van der Waals surface area contributed by atoms with Gasteiger partial charge in [0.1, 0.15) is 6.29 Å². The molecule has 0 aliphatic rings. The number of hydrogen-bond acceptors (Lipinski definition) is 6. The fourth-order valence-corrected chi connectivity index (χ4v) is 2.26. The summed E-state index contributed by atoms with van der Waals surface area (Å²) in [4.78, 5) is 44.1. The van der Waals surface area contributed by atoms with Crippen molar-refractivity contribution in [3.8, 4) is 0 Å². The topological polar surface area (TPSA) is 142 Å². The predicted octanol–water partition coefficient (Wildman–Crippen LogP) is 2.79. The van der Waals surface area contributed by atoms with E-state index in [9.17, 15) is 19.2 Å². The van der Waals surface area contributed by atoms with Crippen LogP contribution in [0.25, 0.3) is 0 Å². The number of anilines is 1. The molecule has 8 nitrogen and oxygen atoms in total. The maximum Gasteiger partial charge on any atom is 0.238 e. The van der Waals surface area contributed by atoms with Gasteiger partial charge >= 0.3 is 0 Å². The van der Waals surface area contributed by atoms with Crippen LogP contribution >= 0.6 is 0 Å². The van der Waals surface area contributed by atoms with E-state index in [4.69, 9.17) is 11.1 Å². The second-order valence-corrected chi connectivity index (χ2v) is 6.44. The van der Waals surface area contributed by atoms with Gasteiger partial charge in [-0.3, -0.25) is 14.4 Å². The molecule has 0 aliphatic carbocycles. The Kier molecular flexibility index (Phi) is 16.6. The van der Waals surface area contributed by atoms with Crippen LogP contribution in [-0.4, -0.2) is 43.7 Å². The zero-order valence-corrected chi connectivity index (χ0v) is 18.9. The maximum atomic E-state index is 12.1. The summed E-state index contributed by atoms with van der Waals surface area (Å²) < 4.78 is 0. The Labute approximate surface area is 179 Å². The van der Waals surface area contributed by atoms with E-state index in [1.807, 2.05) is 20.8 Å². The molecular weight excluding hydrogens is 384 g/mol. The summed E-state index contributed by atoms with van der Waals surface area (Å²) in [6, 6.07) is 4.99. The summed E-state index contributed by atoms with van der Waals surface area (Å²) in [5, 5.41) is 12.4. The van der Waals surface area contributed by atoms with Crippen LogP contribution in [0.4, 0.5) is 5.69 Å². The summed E-state index contributed by atoms with van der Waals surface area (Å²) in [6.45, 7) is 9.21. The van der Waals surface area contributed by atoms with Crippen molar-refractivity contribution in [3.63, 3.8) is 0 Å². The lowest BCUT2D eigenvalue weighted by molar-refractivity contribution is -0.124. The lowest BCUT2D eigenvalue weighted by Gasteiger charge is -2.14. The number of Topliss-reactive ketones (excluding diaryl/α,β-unsaturated/α-hetero) is 1. The van der Waals surface area contributed by atoms with Crippen molar-refractivity contribution in [2.24, 2.45) is 17.6 Å². The van der Waals surface area contributed by atoms with Gasteiger partial charge in [-0.1, -0.05) is 46.8 Å². The highest BCUT2D eigenvalue weighted by Crippen LogP contribution is 2.22. The maximum absolute atomic E-state index is 12.1. The minimum atomic E-state index is -0.366. The Morgan fingerprint density at radius 2 is 1.77 bits per heavy atom. The monoisotopic (exact) mass is 420 g/mol. The van der Waals surface area contributed by atoms with E-state index in [0.29, 0.717) is 29.7 Å². The quantitative estimate of drug-likeness (QED) is 0.276. The molecule has 30 heavy (non-hydrogen) atoms. The minimum absolute atomic E-state index is 0.00171. The average molecular weight is 421 g/mol. The molecule has 0 saturated heterocycles. The van der Waals surface area contributed by atoms with Crippen molar-refractivity contribution in [1.29, 1.82) is 5.41 Å². The first kappa shape index (κ1) is 29.3. The van der Waals surface area contributed by atoms with E-state index in [1.165, 1.54) is 0 Å². The number of nitrogens with one attached hydrogen (secondary N) is 3. The van der Waals surface area contributed by atoms with Crippen LogP contribution in [0.2, 0.25) is 0 Å². The molecule has 0 radical (unpaired) electrons. The zero-order chi connectivity index (χ0) is 23.7. The third kappa shape index (κ3) is 10.6. The minimum Gasteiger partial charge on any atom is -0.359 e. The number of nitrogens with two attached hydrogens (primary N) is 1. The molecule has 5 N–H and O–H groups in total. The van der Waals surface area contributed by atoms with Gasteiger partial charge in [0.25, 0.3) is 0 Å². The van der Waals surface area contributed by atoms with Gasteiger partial charge in [0.15, 0.2) is 5.78 Å². The number of hydrogen-bond donors (Lipinski definition) is 4. The fraction of sp³-hybridized carbons (Fsp3) is 0.500. The molecule has 1 aromatic rings. The molecule has 0 saturated carbocycles. The average Bonchev–Trinajstić information content (AvgIpc) is 2.77. The highest BCUT2D eigenvalue weighted by molar-refractivity contribution is 6.10. The van der Waals surface area contributed by atoms with Crippen LogP contribution in [-0.2, 0) is 14.4 Å². The van der Waals surface area contributed by atoms with E-state index >= 15 is 0 Å². The molecule has 0 bridgehead atoms.